The van der Waals surface area contributed by atoms with Gasteiger partial charge >= 0.3 is 0 Å². The maximum absolute atomic E-state index is 12.5. The molecule has 0 N–H and O–H groups in total. The van der Waals surface area contributed by atoms with Crippen molar-refractivity contribution in [3.63, 3.8) is 0 Å². The lowest BCUT2D eigenvalue weighted by atomic mass is 9.89. The van der Waals surface area contributed by atoms with Gasteiger partial charge in [0.15, 0.2) is 4.80 Å². The first kappa shape index (κ1) is 15.8. The van der Waals surface area contributed by atoms with Gasteiger partial charge in [0.2, 0.25) is 0 Å². The first-order valence-electron chi connectivity index (χ1n) is 7.92. The summed E-state index contributed by atoms with van der Waals surface area (Å²) < 4.78 is 8.22. The number of hydrogen-bond acceptors (Lipinski definition) is 3. The van der Waals surface area contributed by atoms with Crippen LogP contribution in [0.3, 0.4) is 0 Å². The topological polar surface area (TPSA) is 43.6 Å². The van der Waals surface area contributed by atoms with Crippen LogP contribution in [0.5, 0.6) is 5.75 Å². The number of amides is 1. The summed E-state index contributed by atoms with van der Waals surface area (Å²) in [5, 5.41) is 0. The number of nitrogens with zero attached hydrogens (tertiary/aromatic N) is 2. The Hall–Kier alpha value is -2.06. The van der Waals surface area contributed by atoms with Crippen molar-refractivity contribution >= 4 is 27.5 Å². The number of hydrogen-bond donors (Lipinski definition) is 0. The zero-order valence-corrected chi connectivity index (χ0v) is 14.1. The predicted molar refractivity (Wildman–Crippen MR) is 92.3 cm³/mol. The molecule has 23 heavy (non-hydrogen) atoms. The third kappa shape index (κ3) is 3.32. The normalized spacial score (nSPS) is 16.4. The Kier molecular flexibility index (Phi) is 4.82. The van der Waals surface area contributed by atoms with Crippen LogP contribution < -0.4 is 9.54 Å². The largest absolute Gasteiger partial charge is 0.497 e. The number of rotatable bonds is 3. The monoisotopic (exact) mass is 328 g/mol. The molecule has 0 bridgehead atoms. The molecule has 1 fully saturated rings. The average Bonchev–Trinajstić information content (AvgIpc) is 2.92. The summed E-state index contributed by atoms with van der Waals surface area (Å²) in [5.74, 6) is 3.51. The van der Waals surface area contributed by atoms with Crippen LogP contribution >= 0.6 is 11.3 Å². The molecule has 1 aromatic carbocycles. The minimum absolute atomic E-state index is 0.00556. The van der Waals surface area contributed by atoms with Crippen molar-refractivity contribution in [3.8, 4) is 18.1 Å². The molecule has 0 radical (unpaired) electrons. The van der Waals surface area contributed by atoms with E-state index in [0.29, 0.717) is 11.3 Å². The number of terminal acetylenes is 1. The minimum Gasteiger partial charge on any atom is -0.497 e. The van der Waals surface area contributed by atoms with E-state index in [1.807, 2.05) is 22.8 Å². The Bertz CT molecular complexity index is 820. The molecule has 0 saturated heterocycles. The number of carbonyl (C=O) groups is 1. The smallest absolute Gasteiger partial charge is 0.251 e. The number of methoxy groups -OCH3 is 1. The fourth-order valence-corrected chi connectivity index (χ4v) is 4.11. The summed E-state index contributed by atoms with van der Waals surface area (Å²) in [7, 11) is 1.64. The molecular weight excluding hydrogens is 308 g/mol. The molecule has 5 heteroatoms. The number of aromatic nitrogens is 1. The Balaban J connectivity index is 2.04. The van der Waals surface area contributed by atoms with Gasteiger partial charge in [-0.25, -0.2) is 0 Å². The summed E-state index contributed by atoms with van der Waals surface area (Å²) in [5.41, 5.74) is 0.990. The molecule has 0 atom stereocenters. The lowest BCUT2D eigenvalue weighted by molar-refractivity contribution is -0.122. The molecule has 0 aliphatic heterocycles. The van der Waals surface area contributed by atoms with Crippen LogP contribution in [0.1, 0.15) is 32.1 Å². The summed E-state index contributed by atoms with van der Waals surface area (Å²) in [6, 6.07) is 5.82. The molecule has 1 saturated carbocycles. The number of thiazole rings is 1. The third-order valence-corrected chi connectivity index (χ3v) is 5.34. The van der Waals surface area contributed by atoms with Crippen molar-refractivity contribution in [1.82, 2.24) is 4.57 Å². The van der Waals surface area contributed by atoms with Gasteiger partial charge in [-0.15, -0.1) is 6.42 Å². The first-order valence-corrected chi connectivity index (χ1v) is 8.74. The molecule has 4 nitrogen and oxygen atoms in total. The minimum atomic E-state index is -0.00556. The van der Waals surface area contributed by atoms with E-state index in [9.17, 15) is 4.79 Å². The molecule has 0 unspecified atom stereocenters. The highest BCUT2D eigenvalue weighted by molar-refractivity contribution is 7.16. The van der Waals surface area contributed by atoms with E-state index < -0.39 is 0 Å². The number of carbonyl (C=O) groups excluding carboxylic acids is 1. The average molecular weight is 328 g/mol. The molecule has 1 heterocycles. The molecule has 1 aliphatic carbocycles. The lowest BCUT2D eigenvalue weighted by Crippen LogP contribution is -2.21. The number of ether oxygens (including phenoxy) is 1. The molecule has 2 aromatic rings. The summed E-state index contributed by atoms with van der Waals surface area (Å²) in [4.78, 5) is 17.6. The van der Waals surface area contributed by atoms with E-state index in [1.165, 1.54) is 17.8 Å². The van der Waals surface area contributed by atoms with Crippen LogP contribution in [-0.4, -0.2) is 17.6 Å². The van der Waals surface area contributed by atoms with Gasteiger partial charge in [-0.05, 0) is 31.0 Å². The van der Waals surface area contributed by atoms with Crippen molar-refractivity contribution in [2.45, 2.75) is 38.6 Å². The van der Waals surface area contributed by atoms with Crippen molar-refractivity contribution < 1.29 is 9.53 Å². The Morgan fingerprint density at radius 2 is 2.22 bits per heavy atom. The Labute approximate surface area is 139 Å². The highest BCUT2D eigenvalue weighted by atomic mass is 32.1. The van der Waals surface area contributed by atoms with Crippen molar-refractivity contribution in [2.75, 3.05) is 7.11 Å². The third-order valence-electron chi connectivity index (χ3n) is 4.30. The summed E-state index contributed by atoms with van der Waals surface area (Å²) >= 11 is 1.49. The van der Waals surface area contributed by atoms with Crippen LogP contribution in [-0.2, 0) is 11.3 Å². The highest BCUT2D eigenvalue weighted by Crippen LogP contribution is 2.25. The second-order valence-electron chi connectivity index (χ2n) is 5.79. The Morgan fingerprint density at radius 1 is 1.43 bits per heavy atom. The zero-order chi connectivity index (χ0) is 16.2. The van der Waals surface area contributed by atoms with E-state index in [4.69, 9.17) is 11.2 Å². The molecular formula is C18H20N2O2S. The van der Waals surface area contributed by atoms with Gasteiger partial charge in [0.05, 0.1) is 23.9 Å². The molecule has 1 aromatic heterocycles. The van der Waals surface area contributed by atoms with Gasteiger partial charge in [-0.1, -0.05) is 36.5 Å². The van der Waals surface area contributed by atoms with Crippen LogP contribution in [0.4, 0.5) is 0 Å². The van der Waals surface area contributed by atoms with E-state index in [-0.39, 0.29) is 11.8 Å². The van der Waals surface area contributed by atoms with Gasteiger partial charge in [0.25, 0.3) is 5.91 Å². The quantitative estimate of drug-likeness (QED) is 0.811. The maximum Gasteiger partial charge on any atom is 0.251 e. The number of fused-ring (bicyclic) bond motifs is 1. The van der Waals surface area contributed by atoms with Crippen molar-refractivity contribution in [2.24, 2.45) is 10.9 Å². The molecule has 1 aliphatic rings. The van der Waals surface area contributed by atoms with Gasteiger partial charge in [0.1, 0.15) is 5.75 Å². The lowest BCUT2D eigenvalue weighted by Gasteiger charge is -2.17. The first-order chi connectivity index (χ1) is 11.2. The highest BCUT2D eigenvalue weighted by Gasteiger charge is 2.21. The molecule has 3 rings (SSSR count). The second kappa shape index (κ2) is 7.01. The van der Waals surface area contributed by atoms with E-state index in [0.717, 1.165) is 41.6 Å². The van der Waals surface area contributed by atoms with Gasteiger partial charge < -0.3 is 9.30 Å². The van der Waals surface area contributed by atoms with Crippen LogP contribution in [0.2, 0.25) is 0 Å². The fraction of sp³-hybridized carbons (Fsp3) is 0.444. The number of benzene rings is 1. The summed E-state index contributed by atoms with van der Waals surface area (Å²) in [6.45, 7) is 0.406. The maximum atomic E-state index is 12.5. The van der Waals surface area contributed by atoms with E-state index in [1.54, 1.807) is 7.11 Å². The molecule has 0 spiro atoms. The van der Waals surface area contributed by atoms with Crippen LogP contribution in [0, 0.1) is 18.3 Å². The molecule has 1 amide bonds. The van der Waals surface area contributed by atoms with Gasteiger partial charge in [-0.2, -0.15) is 4.99 Å². The zero-order valence-electron chi connectivity index (χ0n) is 13.2. The van der Waals surface area contributed by atoms with Gasteiger partial charge in [0, 0.05) is 5.92 Å². The van der Waals surface area contributed by atoms with Crippen LogP contribution in [0.25, 0.3) is 10.2 Å². The molecule has 120 valence electrons. The second-order valence-corrected chi connectivity index (χ2v) is 6.80. The SMILES string of the molecule is C#CCn1c(=NC(=O)C2CCCCC2)sc2cc(OC)ccc21. The van der Waals surface area contributed by atoms with Crippen LogP contribution in [0.15, 0.2) is 23.2 Å². The van der Waals surface area contributed by atoms with E-state index >= 15 is 0 Å². The van der Waals surface area contributed by atoms with Crippen molar-refractivity contribution in [1.29, 1.82) is 0 Å². The standard InChI is InChI=1S/C18H20N2O2S/c1-3-11-20-15-10-9-14(22-2)12-16(15)23-18(20)19-17(21)13-7-5-4-6-8-13/h1,9-10,12-13H,4-8,11H2,2H3. The van der Waals surface area contributed by atoms with E-state index in [2.05, 4.69) is 10.9 Å². The van der Waals surface area contributed by atoms with Crippen molar-refractivity contribution in [3.05, 3.63) is 23.0 Å². The summed E-state index contributed by atoms with van der Waals surface area (Å²) in [6.07, 6.45) is 10.9. The predicted octanol–water partition coefficient (Wildman–Crippen LogP) is 3.35. The Morgan fingerprint density at radius 3 is 2.91 bits per heavy atom. The van der Waals surface area contributed by atoms with Gasteiger partial charge in [-0.3, -0.25) is 4.79 Å². The fourth-order valence-electron chi connectivity index (χ4n) is 3.05.